The lowest BCUT2D eigenvalue weighted by Gasteiger charge is -2.56. The first-order valence-electron chi connectivity index (χ1n) is 11.2. The van der Waals surface area contributed by atoms with Gasteiger partial charge in [0.1, 0.15) is 0 Å². The summed E-state index contributed by atoms with van der Waals surface area (Å²) in [4.78, 5) is 13.1. The molecule has 4 aliphatic carbocycles. The van der Waals surface area contributed by atoms with Crippen molar-refractivity contribution in [3.63, 3.8) is 0 Å². The molecular weight excluding hydrogens is 344 g/mol. The number of hydrogen-bond acceptors (Lipinski definition) is 2. The molecule has 0 spiro atoms. The molecule has 0 aromatic carbocycles. The van der Waals surface area contributed by atoms with E-state index in [9.17, 15) is 10.1 Å². The minimum atomic E-state index is -0.161. The first kappa shape index (κ1) is 19.7. The summed E-state index contributed by atoms with van der Waals surface area (Å²) < 4.78 is 0. The van der Waals surface area contributed by atoms with Crippen molar-refractivity contribution in [2.75, 3.05) is 0 Å². The Morgan fingerprint density at radius 3 is 2.61 bits per heavy atom. The molecule has 3 heteroatoms. The lowest BCUT2D eigenvalue weighted by atomic mass is 9.48. The van der Waals surface area contributed by atoms with E-state index >= 15 is 0 Å². The van der Waals surface area contributed by atoms with E-state index in [1.165, 1.54) is 24.8 Å². The smallest absolute Gasteiger partial charge is 0.224 e. The minimum Gasteiger partial charge on any atom is -0.351 e. The van der Waals surface area contributed by atoms with Gasteiger partial charge in [-0.25, -0.2) is 0 Å². The second-order valence-corrected chi connectivity index (χ2v) is 11.4. The predicted octanol–water partition coefficient (Wildman–Crippen LogP) is 5.54. The monoisotopic (exact) mass is 380 g/mol. The first-order valence-corrected chi connectivity index (χ1v) is 11.2. The molecule has 0 unspecified atom stereocenters. The zero-order valence-electron chi connectivity index (χ0n) is 18.3. The number of hydrogen-bond donors (Lipinski definition) is 1. The molecule has 0 aliphatic heterocycles. The van der Waals surface area contributed by atoms with Crippen LogP contribution in [0.4, 0.5) is 0 Å². The molecule has 1 N–H and O–H groups in total. The molecule has 0 heterocycles. The summed E-state index contributed by atoms with van der Waals surface area (Å²) in [6.07, 6.45) is 12.4. The number of allylic oxidation sites excluding steroid dienone is 4. The van der Waals surface area contributed by atoms with Crippen LogP contribution in [0.2, 0.25) is 0 Å². The fourth-order valence-corrected chi connectivity index (χ4v) is 7.30. The quantitative estimate of drug-likeness (QED) is 0.649. The number of nitrogens with zero attached hydrogens (tertiary/aromatic N) is 1. The molecule has 152 valence electrons. The van der Waals surface area contributed by atoms with Crippen LogP contribution in [0.3, 0.4) is 0 Å². The van der Waals surface area contributed by atoms with E-state index < -0.39 is 0 Å². The molecule has 2 saturated carbocycles. The molecule has 4 rings (SSSR count). The highest BCUT2D eigenvalue weighted by Gasteiger charge is 2.59. The zero-order chi connectivity index (χ0) is 20.3. The van der Waals surface area contributed by atoms with Crippen molar-refractivity contribution in [1.29, 1.82) is 5.26 Å². The van der Waals surface area contributed by atoms with E-state index in [0.717, 1.165) is 31.3 Å². The third-order valence-corrected chi connectivity index (χ3v) is 8.73. The summed E-state index contributed by atoms with van der Waals surface area (Å²) in [6, 6.07) is 2.38. The van der Waals surface area contributed by atoms with E-state index in [2.05, 4.69) is 58.2 Å². The van der Waals surface area contributed by atoms with Gasteiger partial charge in [0.05, 0.1) is 6.07 Å². The molecule has 4 aliphatic rings. The number of nitriles is 1. The first-order chi connectivity index (χ1) is 13.1. The SMILES string of the molecule is CC(C)(C)NC(=O)[C@H]1CC[C@H]2[C@@H]3CC=C4C=C(C#N)CC[C@]4(C)[C@H]3CC[C@]12C. The third-order valence-electron chi connectivity index (χ3n) is 8.73. The maximum atomic E-state index is 13.1. The maximum Gasteiger partial charge on any atom is 0.224 e. The number of carbonyl (C=O) groups is 1. The number of fused-ring (bicyclic) bond motifs is 5. The van der Waals surface area contributed by atoms with Gasteiger partial charge in [-0.1, -0.05) is 19.9 Å². The number of nitrogens with one attached hydrogen (secondary N) is 1. The standard InChI is InChI=1S/C25H36N2O/c1-23(2,3)27-22(28)21-9-8-19-18-7-6-17-14-16(15-26)10-12-24(17,4)20(18)11-13-25(19,21)5/h6,14,18-21H,7-13H2,1-5H3,(H,27,28)/t18-,19-,20-,21+,24-,25-/m0/s1. The van der Waals surface area contributed by atoms with Crippen LogP contribution in [0, 0.1) is 45.8 Å². The van der Waals surface area contributed by atoms with Gasteiger partial charge in [0.15, 0.2) is 0 Å². The third kappa shape index (κ3) is 2.95. The average Bonchev–Trinajstić information content (AvgIpc) is 2.97. The fourth-order valence-electron chi connectivity index (χ4n) is 7.30. The predicted molar refractivity (Wildman–Crippen MR) is 112 cm³/mol. The van der Waals surface area contributed by atoms with Crippen molar-refractivity contribution in [3.8, 4) is 6.07 Å². The van der Waals surface area contributed by atoms with Gasteiger partial charge in [-0.05, 0) is 106 Å². The second-order valence-electron chi connectivity index (χ2n) is 11.4. The van der Waals surface area contributed by atoms with Gasteiger partial charge in [-0.15, -0.1) is 0 Å². The van der Waals surface area contributed by atoms with Crippen molar-refractivity contribution >= 4 is 5.91 Å². The minimum absolute atomic E-state index is 0.139. The number of carbonyl (C=O) groups excluding carboxylic acids is 1. The highest BCUT2D eigenvalue weighted by atomic mass is 16.2. The highest BCUT2D eigenvalue weighted by Crippen LogP contribution is 2.66. The van der Waals surface area contributed by atoms with Crippen LogP contribution in [0.15, 0.2) is 23.3 Å². The van der Waals surface area contributed by atoms with Gasteiger partial charge in [0, 0.05) is 17.0 Å². The zero-order valence-corrected chi connectivity index (χ0v) is 18.3. The second kappa shape index (κ2) is 6.48. The Balaban J connectivity index is 1.60. The van der Waals surface area contributed by atoms with E-state index in [1.54, 1.807) is 0 Å². The normalized spacial score (nSPS) is 42.3. The Kier molecular flexibility index (Phi) is 4.57. The van der Waals surface area contributed by atoms with Crippen LogP contribution in [-0.2, 0) is 4.79 Å². The Morgan fingerprint density at radius 1 is 1.18 bits per heavy atom. The van der Waals surface area contributed by atoms with Gasteiger partial charge in [-0.2, -0.15) is 5.26 Å². The largest absolute Gasteiger partial charge is 0.351 e. The van der Waals surface area contributed by atoms with E-state index in [1.807, 2.05) is 0 Å². The molecule has 28 heavy (non-hydrogen) atoms. The number of rotatable bonds is 1. The van der Waals surface area contributed by atoms with Crippen molar-refractivity contribution in [2.45, 2.75) is 85.1 Å². The summed E-state index contributed by atoms with van der Waals surface area (Å²) in [5.41, 5.74) is 2.56. The Morgan fingerprint density at radius 2 is 1.93 bits per heavy atom. The van der Waals surface area contributed by atoms with Crippen LogP contribution < -0.4 is 5.32 Å². The van der Waals surface area contributed by atoms with Crippen molar-refractivity contribution in [3.05, 3.63) is 23.3 Å². The fraction of sp³-hybridized carbons (Fsp3) is 0.760. The molecule has 6 atom stereocenters. The van der Waals surface area contributed by atoms with Crippen LogP contribution in [0.25, 0.3) is 0 Å². The molecular formula is C25H36N2O. The summed E-state index contributed by atoms with van der Waals surface area (Å²) >= 11 is 0. The Hall–Kier alpha value is -1.56. The topological polar surface area (TPSA) is 52.9 Å². The Labute approximate surface area is 170 Å². The molecule has 0 bridgehead atoms. The van der Waals surface area contributed by atoms with Crippen LogP contribution in [0.5, 0.6) is 0 Å². The molecule has 2 fully saturated rings. The van der Waals surface area contributed by atoms with Crippen LogP contribution >= 0.6 is 0 Å². The summed E-state index contributed by atoms with van der Waals surface area (Å²) in [5.74, 6) is 2.47. The van der Waals surface area contributed by atoms with Gasteiger partial charge in [0.2, 0.25) is 5.91 Å². The number of amides is 1. The molecule has 0 saturated heterocycles. The maximum absolute atomic E-state index is 13.1. The van der Waals surface area contributed by atoms with Gasteiger partial charge in [0.25, 0.3) is 0 Å². The molecule has 0 aromatic heterocycles. The van der Waals surface area contributed by atoms with Crippen molar-refractivity contribution in [2.24, 2.45) is 34.5 Å². The summed E-state index contributed by atoms with van der Waals surface area (Å²) in [5, 5.41) is 12.6. The van der Waals surface area contributed by atoms with Gasteiger partial charge in [-0.3, -0.25) is 4.79 Å². The lowest BCUT2D eigenvalue weighted by Crippen LogP contribution is -2.52. The van der Waals surface area contributed by atoms with E-state index in [0.29, 0.717) is 17.8 Å². The molecule has 1 amide bonds. The Bertz CT molecular complexity index is 779. The van der Waals surface area contributed by atoms with E-state index in [4.69, 9.17) is 0 Å². The molecule has 0 radical (unpaired) electrons. The van der Waals surface area contributed by atoms with Crippen LogP contribution in [-0.4, -0.2) is 11.4 Å². The van der Waals surface area contributed by atoms with Crippen LogP contribution in [0.1, 0.15) is 79.6 Å². The van der Waals surface area contributed by atoms with Crippen molar-refractivity contribution < 1.29 is 4.79 Å². The summed E-state index contributed by atoms with van der Waals surface area (Å²) in [7, 11) is 0. The van der Waals surface area contributed by atoms with E-state index in [-0.39, 0.29) is 28.2 Å². The average molecular weight is 381 g/mol. The molecule has 0 aromatic rings. The van der Waals surface area contributed by atoms with Crippen molar-refractivity contribution in [1.82, 2.24) is 5.32 Å². The van der Waals surface area contributed by atoms with Gasteiger partial charge >= 0.3 is 0 Å². The summed E-state index contributed by atoms with van der Waals surface area (Å²) in [6.45, 7) is 11.1. The highest BCUT2D eigenvalue weighted by molar-refractivity contribution is 5.80. The van der Waals surface area contributed by atoms with Gasteiger partial charge < -0.3 is 5.32 Å². The molecule has 3 nitrogen and oxygen atoms in total. The lowest BCUT2D eigenvalue weighted by molar-refractivity contribution is -0.133.